The van der Waals surface area contributed by atoms with E-state index in [0.717, 1.165) is 66.1 Å². The van der Waals surface area contributed by atoms with E-state index in [0.29, 0.717) is 18.3 Å². The number of H-pyrrole nitrogens is 1. The maximum atomic E-state index is 13.7. The number of hydrogen-bond donors (Lipinski definition) is 2. The molecular weight excluding hydrogens is 438 g/mol. The number of amides is 1. The SMILES string of the molecule is CCc1cc(C)c(-c2n[nH]c(C(C)COC)n2)cc1C(=O)N1CCC(c2ccc(NC)cc2)CC1. The fourth-order valence-corrected chi connectivity index (χ4v) is 4.95. The van der Waals surface area contributed by atoms with Crippen LogP contribution < -0.4 is 5.32 Å². The average Bonchev–Trinajstić information content (AvgIpc) is 3.38. The van der Waals surface area contributed by atoms with Crippen molar-refractivity contribution in [3.8, 4) is 11.4 Å². The number of nitrogens with one attached hydrogen (secondary N) is 2. The van der Waals surface area contributed by atoms with E-state index in [1.54, 1.807) is 7.11 Å². The number of aromatic nitrogens is 3. The molecule has 1 atom stereocenters. The minimum absolute atomic E-state index is 0.107. The van der Waals surface area contributed by atoms with Crippen molar-refractivity contribution in [2.75, 3.05) is 39.2 Å². The summed E-state index contributed by atoms with van der Waals surface area (Å²) >= 11 is 0. The number of nitrogens with zero attached hydrogens (tertiary/aromatic N) is 3. The van der Waals surface area contributed by atoms with Crippen molar-refractivity contribution >= 4 is 11.6 Å². The van der Waals surface area contributed by atoms with Gasteiger partial charge in [-0.2, -0.15) is 5.10 Å². The first-order valence-electron chi connectivity index (χ1n) is 12.6. The van der Waals surface area contributed by atoms with Gasteiger partial charge in [-0.1, -0.05) is 32.0 Å². The summed E-state index contributed by atoms with van der Waals surface area (Å²) < 4.78 is 5.25. The van der Waals surface area contributed by atoms with Crippen LogP contribution in [0.15, 0.2) is 36.4 Å². The van der Waals surface area contributed by atoms with Crippen LogP contribution in [0.5, 0.6) is 0 Å². The number of likely N-dealkylation sites (tertiary alicyclic amines) is 1. The van der Waals surface area contributed by atoms with Gasteiger partial charge in [0.1, 0.15) is 5.82 Å². The lowest BCUT2D eigenvalue weighted by molar-refractivity contribution is 0.0712. The third-order valence-corrected chi connectivity index (χ3v) is 7.14. The highest BCUT2D eigenvalue weighted by Crippen LogP contribution is 2.31. The molecule has 0 radical (unpaired) electrons. The van der Waals surface area contributed by atoms with Gasteiger partial charge in [-0.05, 0) is 67.0 Å². The van der Waals surface area contributed by atoms with Crippen molar-refractivity contribution in [2.45, 2.75) is 51.9 Å². The second-order valence-electron chi connectivity index (χ2n) is 9.52. The molecule has 1 aromatic heterocycles. The number of ether oxygens (including phenoxy) is 1. The van der Waals surface area contributed by atoms with E-state index in [4.69, 9.17) is 9.72 Å². The molecule has 7 heteroatoms. The molecule has 1 aliphatic rings. The number of anilines is 1. The molecule has 1 amide bonds. The molecule has 7 nitrogen and oxygen atoms in total. The first-order valence-corrected chi connectivity index (χ1v) is 12.6. The van der Waals surface area contributed by atoms with Crippen molar-refractivity contribution in [3.05, 3.63) is 64.5 Å². The summed E-state index contributed by atoms with van der Waals surface area (Å²) in [5.74, 6) is 2.13. The molecule has 35 heavy (non-hydrogen) atoms. The second-order valence-corrected chi connectivity index (χ2v) is 9.52. The van der Waals surface area contributed by atoms with E-state index in [2.05, 4.69) is 66.6 Å². The van der Waals surface area contributed by atoms with Crippen LogP contribution in [0.2, 0.25) is 0 Å². The standard InChI is InChI=1S/C28H37N5O2/c1-6-20-15-18(2)24(27-30-26(31-32-27)19(3)17-35-5)16-25(20)28(34)33-13-11-22(12-14-33)21-7-9-23(29-4)10-8-21/h7-10,15-16,19,22,29H,6,11-14,17H2,1-5H3,(H,30,31,32). The van der Waals surface area contributed by atoms with Crippen LogP contribution in [0.4, 0.5) is 5.69 Å². The van der Waals surface area contributed by atoms with Crippen LogP contribution in [-0.4, -0.2) is 59.8 Å². The maximum absolute atomic E-state index is 13.7. The van der Waals surface area contributed by atoms with Crippen LogP contribution >= 0.6 is 0 Å². The molecule has 2 N–H and O–H groups in total. The van der Waals surface area contributed by atoms with Gasteiger partial charge in [0.2, 0.25) is 0 Å². The predicted octanol–water partition coefficient (Wildman–Crippen LogP) is 5.15. The fourth-order valence-electron chi connectivity index (χ4n) is 4.95. The van der Waals surface area contributed by atoms with E-state index in [-0.39, 0.29) is 11.8 Å². The van der Waals surface area contributed by atoms with Gasteiger partial charge in [0.25, 0.3) is 5.91 Å². The molecule has 0 spiro atoms. The number of aromatic amines is 1. The molecule has 1 saturated heterocycles. The Balaban J connectivity index is 1.52. The molecule has 0 aliphatic carbocycles. The van der Waals surface area contributed by atoms with Gasteiger partial charge < -0.3 is 15.0 Å². The number of rotatable bonds is 8. The predicted molar refractivity (Wildman–Crippen MR) is 140 cm³/mol. The van der Waals surface area contributed by atoms with Gasteiger partial charge in [0.15, 0.2) is 5.82 Å². The lowest BCUT2D eigenvalue weighted by Crippen LogP contribution is -2.38. The summed E-state index contributed by atoms with van der Waals surface area (Å²) in [6.07, 6.45) is 2.76. The Hall–Kier alpha value is -3.19. The molecule has 186 valence electrons. The molecular formula is C28H37N5O2. The summed E-state index contributed by atoms with van der Waals surface area (Å²) in [6, 6.07) is 12.8. The highest BCUT2D eigenvalue weighted by Gasteiger charge is 2.27. The molecule has 1 aliphatic heterocycles. The minimum atomic E-state index is 0.107. The first-order chi connectivity index (χ1) is 16.9. The summed E-state index contributed by atoms with van der Waals surface area (Å²) in [5, 5.41) is 10.7. The molecule has 1 unspecified atom stereocenters. The van der Waals surface area contributed by atoms with Crippen molar-refractivity contribution < 1.29 is 9.53 Å². The van der Waals surface area contributed by atoms with Crippen LogP contribution in [-0.2, 0) is 11.2 Å². The quantitative estimate of drug-likeness (QED) is 0.471. The smallest absolute Gasteiger partial charge is 0.254 e. The zero-order chi connectivity index (χ0) is 24.9. The van der Waals surface area contributed by atoms with E-state index in [1.807, 2.05) is 18.0 Å². The molecule has 2 aromatic carbocycles. The van der Waals surface area contributed by atoms with E-state index in [9.17, 15) is 4.79 Å². The summed E-state index contributed by atoms with van der Waals surface area (Å²) in [4.78, 5) is 20.4. The molecule has 1 fully saturated rings. The van der Waals surface area contributed by atoms with Crippen molar-refractivity contribution in [2.24, 2.45) is 0 Å². The second kappa shape index (κ2) is 11.0. The van der Waals surface area contributed by atoms with E-state index in [1.165, 1.54) is 5.56 Å². The van der Waals surface area contributed by atoms with Crippen LogP contribution in [0.3, 0.4) is 0 Å². The number of aryl methyl sites for hydroxylation is 2. The van der Waals surface area contributed by atoms with Gasteiger partial charge >= 0.3 is 0 Å². The number of carbonyl (C=O) groups excluding carboxylic acids is 1. The van der Waals surface area contributed by atoms with Crippen molar-refractivity contribution in [1.82, 2.24) is 20.1 Å². The molecule has 0 saturated carbocycles. The Labute approximate surface area is 208 Å². The molecule has 3 aromatic rings. The highest BCUT2D eigenvalue weighted by molar-refractivity contribution is 5.97. The number of hydrogen-bond acceptors (Lipinski definition) is 5. The summed E-state index contributed by atoms with van der Waals surface area (Å²) in [7, 11) is 3.62. The lowest BCUT2D eigenvalue weighted by atomic mass is 9.88. The maximum Gasteiger partial charge on any atom is 0.254 e. The Morgan fingerprint density at radius 3 is 2.57 bits per heavy atom. The zero-order valence-corrected chi connectivity index (χ0v) is 21.5. The van der Waals surface area contributed by atoms with Gasteiger partial charge in [-0.3, -0.25) is 9.89 Å². The monoisotopic (exact) mass is 475 g/mol. The van der Waals surface area contributed by atoms with Gasteiger partial charge in [-0.15, -0.1) is 0 Å². The van der Waals surface area contributed by atoms with Crippen LogP contribution in [0.25, 0.3) is 11.4 Å². The number of piperidine rings is 1. The average molecular weight is 476 g/mol. The zero-order valence-electron chi connectivity index (χ0n) is 21.5. The topological polar surface area (TPSA) is 83.1 Å². The van der Waals surface area contributed by atoms with Gasteiger partial charge in [0, 0.05) is 50.0 Å². The third kappa shape index (κ3) is 5.40. The molecule has 2 heterocycles. The highest BCUT2D eigenvalue weighted by atomic mass is 16.5. The number of carbonyl (C=O) groups is 1. The van der Waals surface area contributed by atoms with E-state index >= 15 is 0 Å². The molecule has 0 bridgehead atoms. The Kier molecular flexibility index (Phi) is 7.86. The lowest BCUT2D eigenvalue weighted by Gasteiger charge is -2.33. The Morgan fingerprint density at radius 2 is 1.94 bits per heavy atom. The van der Waals surface area contributed by atoms with E-state index < -0.39 is 0 Å². The molecule has 4 rings (SSSR count). The Bertz CT molecular complexity index is 1150. The Morgan fingerprint density at radius 1 is 1.23 bits per heavy atom. The summed E-state index contributed by atoms with van der Waals surface area (Å²) in [6.45, 7) is 8.31. The number of benzene rings is 2. The minimum Gasteiger partial charge on any atom is -0.388 e. The number of methoxy groups -OCH3 is 1. The normalized spacial score (nSPS) is 15.3. The largest absolute Gasteiger partial charge is 0.388 e. The van der Waals surface area contributed by atoms with Gasteiger partial charge in [0.05, 0.1) is 6.61 Å². The fraction of sp³-hybridized carbons (Fsp3) is 0.464. The van der Waals surface area contributed by atoms with Crippen LogP contribution in [0, 0.1) is 6.92 Å². The summed E-state index contributed by atoms with van der Waals surface area (Å²) in [5.41, 5.74) is 6.29. The van der Waals surface area contributed by atoms with Gasteiger partial charge in [-0.25, -0.2) is 4.98 Å². The first kappa shape index (κ1) is 24.9. The van der Waals surface area contributed by atoms with Crippen molar-refractivity contribution in [1.29, 1.82) is 0 Å². The van der Waals surface area contributed by atoms with Crippen LogP contribution in [0.1, 0.15) is 71.4 Å². The third-order valence-electron chi connectivity index (χ3n) is 7.14. The van der Waals surface area contributed by atoms with Crippen molar-refractivity contribution in [3.63, 3.8) is 0 Å².